The highest BCUT2D eigenvalue weighted by Crippen LogP contribution is 2.41. The van der Waals surface area contributed by atoms with E-state index in [0.717, 1.165) is 55.3 Å². The number of unbranched alkanes of at least 4 members (excludes halogenated alkanes) is 1. The number of hydrogen-bond acceptors (Lipinski definition) is 6. The molecule has 1 amide bonds. The number of carbonyl (C=O) groups is 1. The van der Waals surface area contributed by atoms with Gasteiger partial charge in [-0.05, 0) is 43.0 Å². The van der Waals surface area contributed by atoms with Gasteiger partial charge in [-0.1, -0.05) is 44.4 Å². The molecule has 0 saturated carbocycles. The summed E-state index contributed by atoms with van der Waals surface area (Å²) in [6.07, 6.45) is 10.2. The van der Waals surface area contributed by atoms with Crippen LogP contribution in [-0.4, -0.2) is 50.4 Å². The number of carbonyl (C=O) groups excluding carboxylic acids is 1. The molecule has 1 aliphatic rings. The fourth-order valence-corrected chi connectivity index (χ4v) is 4.64. The fraction of sp³-hybridized carbons (Fsp3) is 0.483. The Balaban J connectivity index is 1.87. The van der Waals surface area contributed by atoms with Gasteiger partial charge in [0.1, 0.15) is 18.0 Å². The molecule has 1 N–H and O–H groups in total. The van der Waals surface area contributed by atoms with Gasteiger partial charge in [0.05, 0.1) is 23.0 Å². The minimum atomic E-state index is -0.701. The van der Waals surface area contributed by atoms with E-state index in [1.165, 1.54) is 0 Å². The van der Waals surface area contributed by atoms with E-state index in [1.54, 1.807) is 26.4 Å². The second kappa shape index (κ2) is 14.7. The summed E-state index contributed by atoms with van der Waals surface area (Å²) in [6.45, 7) is 5.31. The van der Waals surface area contributed by atoms with Crippen LogP contribution in [0.2, 0.25) is 5.02 Å². The maximum Gasteiger partial charge on any atom is 0.412 e. The third-order valence-corrected chi connectivity index (χ3v) is 6.72. The SMILES string of the molecule is CC/C=C\C(COC(=O)Nc1cn2c(cc1=O)-c1cc(Cl)c(OCCCOC)cc1CC2CCCC)=NC. The van der Waals surface area contributed by atoms with Gasteiger partial charge in [-0.3, -0.25) is 15.1 Å². The van der Waals surface area contributed by atoms with E-state index in [9.17, 15) is 9.59 Å². The van der Waals surface area contributed by atoms with E-state index >= 15 is 0 Å². The van der Waals surface area contributed by atoms with E-state index in [2.05, 4.69) is 21.8 Å². The van der Waals surface area contributed by atoms with Gasteiger partial charge in [0.15, 0.2) is 0 Å². The van der Waals surface area contributed by atoms with Gasteiger partial charge in [0.2, 0.25) is 5.43 Å². The van der Waals surface area contributed by atoms with Gasteiger partial charge < -0.3 is 18.8 Å². The lowest BCUT2D eigenvalue weighted by Crippen LogP contribution is -2.26. The van der Waals surface area contributed by atoms with Crippen LogP contribution >= 0.6 is 11.6 Å². The van der Waals surface area contributed by atoms with Gasteiger partial charge in [-0.15, -0.1) is 0 Å². The number of allylic oxidation sites excluding steroid dienone is 1. The Labute approximate surface area is 229 Å². The molecule has 0 radical (unpaired) electrons. The second-order valence-corrected chi connectivity index (χ2v) is 9.61. The van der Waals surface area contributed by atoms with Gasteiger partial charge >= 0.3 is 6.09 Å². The maximum atomic E-state index is 13.1. The third kappa shape index (κ3) is 7.71. The van der Waals surface area contributed by atoms with E-state index in [4.69, 9.17) is 25.8 Å². The summed E-state index contributed by atoms with van der Waals surface area (Å²) < 4.78 is 18.4. The number of hydrogen-bond donors (Lipinski definition) is 1. The van der Waals surface area contributed by atoms with Crippen LogP contribution in [0.25, 0.3) is 11.3 Å². The Bertz CT molecular complexity index is 1220. The number of fused-ring (bicyclic) bond motifs is 3. The first-order chi connectivity index (χ1) is 18.4. The Hall–Kier alpha value is -3.10. The topological polar surface area (TPSA) is 91.2 Å². The lowest BCUT2D eigenvalue weighted by molar-refractivity contribution is 0.172. The molecule has 206 valence electrons. The van der Waals surface area contributed by atoms with Crippen molar-refractivity contribution in [1.82, 2.24) is 4.57 Å². The van der Waals surface area contributed by atoms with Crippen LogP contribution in [0.1, 0.15) is 57.6 Å². The Morgan fingerprint density at radius 1 is 1.24 bits per heavy atom. The van der Waals surface area contributed by atoms with Crippen LogP contribution in [-0.2, 0) is 15.9 Å². The van der Waals surface area contributed by atoms with Crippen LogP contribution in [0, 0.1) is 0 Å². The number of aromatic nitrogens is 1. The zero-order valence-corrected chi connectivity index (χ0v) is 23.5. The van der Waals surface area contributed by atoms with Crippen LogP contribution in [0.3, 0.4) is 0 Å². The monoisotopic (exact) mass is 543 g/mol. The summed E-state index contributed by atoms with van der Waals surface area (Å²) >= 11 is 6.57. The van der Waals surface area contributed by atoms with E-state index in [1.807, 2.05) is 31.2 Å². The number of ether oxygens (including phenoxy) is 3. The standard InChI is InChI=1S/C29H38ClN3O5/c1-5-7-10-21(31-3)19-38-29(35)32-25-18-33-22(11-8-6-2)14-20-15-28(37-13-9-12-36-4)24(30)16-23(20)26(33)17-27(25)34/h7,10,15-18,22H,5-6,8-9,11-14,19H2,1-4H3,(H,32,35)/b10-7-,31-21?. The summed E-state index contributed by atoms with van der Waals surface area (Å²) in [5, 5.41) is 3.11. The number of anilines is 1. The molecule has 9 heteroatoms. The van der Waals surface area contributed by atoms with Crippen molar-refractivity contribution in [2.75, 3.05) is 39.3 Å². The molecule has 1 aromatic carbocycles. The Morgan fingerprint density at radius 2 is 2.05 bits per heavy atom. The van der Waals surface area contributed by atoms with Gasteiger partial charge in [-0.25, -0.2) is 4.79 Å². The Kier molecular flexibility index (Phi) is 11.4. The van der Waals surface area contributed by atoms with Crippen LogP contribution in [0.4, 0.5) is 10.5 Å². The summed E-state index contributed by atoms with van der Waals surface area (Å²) in [5.74, 6) is 0.636. The van der Waals surface area contributed by atoms with Gasteiger partial charge in [0.25, 0.3) is 0 Å². The third-order valence-electron chi connectivity index (χ3n) is 6.42. The maximum absolute atomic E-state index is 13.1. The molecule has 8 nitrogen and oxygen atoms in total. The predicted octanol–water partition coefficient (Wildman–Crippen LogP) is 6.46. The molecule has 0 bridgehead atoms. The average molecular weight is 544 g/mol. The fourth-order valence-electron chi connectivity index (χ4n) is 4.42. The molecule has 0 saturated heterocycles. The van der Waals surface area contributed by atoms with Gasteiger partial charge in [-0.2, -0.15) is 0 Å². The van der Waals surface area contributed by atoms with Gasteiger partial charge in [0, 0.05) is 51.1 Å². The van der Waals surface area contributed by atoms with Crippen molar-refractivity contribution in [2.45, 2.75) is 58.4 Å². The molecular formula is C29H38ClN3O5. The highest BCUT2D eigenvalue weighted by atomic mass is 35.5. The van der Waals surface area contributed by atoms with E-state index in [-0.39, 0.29) is 23.8 Å². The van der Waals surface area contributed by atoms with Crippen molar-refractivity contribution in [3.05, 3.63) is 57.4 Å². The molecule has 1 aliphatic heterocycles. The van der Waals surface area contributed by atoms with Crippen molar-refractivity contribution in [3.63, 3.8) is 0 Å². The number of rotatable bonds is 13. The highest BCUT2D eigenvalue weighted by Gasteiger charge is 2.26. The van der Waals surface area contributed by atoms with Crippen LogP contribution < -0.4 is 15.5 Å². The minimum Gasteiger partial charge on any atom is -0.492 e. The minimum absolute atomic E-state index is 0.0198. The van der Waals surface area contributed by atoms with E-state index in [0.29, 0.717) is 29.7 Å². The number of pyridine rings is 1. The summed E-state index contributed by atoms with van der Waals surface area (Å²) in [7, 11) is 3.30. The van der Waals surface area contributed by atoms with Crippen LogP contribution in [0.15, 0.2) is 46.3 Å². The molecular weight excluding hydrogens is 506 g/mol. The Morgan fingerprint density at radius 3 is 2.76 bits per heavy atom. The number of nitrogens with zero attached hydrogens (tertiary/aromatic N) is 2. The molecule has 0 fully saturated rings. The first-order valence-corrected chi connectivity index (χ1v) is 13.6. The first kappa shape index (κ1) is 29.5. The largest absolute Gasteiger partial charge is 0.492 e. The molecule has 0 aliphatic carbocycles. The molecule has 2 aromatic rings. The lowest BCUT2D eigenvalue weighted by atomic mass is 9.90. The zero-order chi connectivity index (χ0) is 27.5. The number of methoxy groups -OCH3 is 1. The molecule has 1 atom stereocenters. The van der Waals surface area contributed by atoms with Crippen molar-refractivity contribution < 1.29 is 19.0 Å². The molecule has 1 unspecified atom stereocenters. The van der Waals surface area contributed by atoms with Crippen molar-refractivity contribution in [3.8, 4) is 17.0 Å². The molecule has 2 heterocycles. The lowest BCUT2D eigenvalue weighted by Gasteiger charge is -2.31. The predicted molar refractivity (Wildman–Crippen MR) is 153 cm³/mol. The highest BCUT2D eigenvalue weighted by molar-refractivity contribution is 6.32. The van der Waals surface area contributed by atoms with Crippen molar-refractivity contribution in [2.24, 2.45) is 4.99 Å². The number of amides is 1. The van der Waals surface area contributed by atoms with E-state index < -0.39 is 6.09 Å². The number of aliphatic imine (C=N–C) groups is 1. The quantitative estimate of drug-likeness (QED) is 0.231. The normalized spacial score (nSPS) is 14.8. The van der Waals surface area contributed by atoms with Crippen molar-refractivity contribution in [1.29, 1.82) is 0 Å². The second-order valence-electron chi connectivity index (χ2n) is 9.21. The average Bonchev–Trinajstić information content (AvgIpc) is 2.91. The summed E-state index contributed by atoms with van der Waals surface area (Å²) in [4.78, 5) is 29.7. The molecule has 3 rings (SSSR count). The number of nitrogens with one attached hydrogen (secondary N) is 1. The molecule has 1 aromatic heterocycles. The number of halogens is 1. The first-order valence-electron chi connectivity index (χ1n) is 13.2. The summed E-state index contributed by atoms with van der Waals surface area (Å²) in [6, 6.07) is 5.53. The summed E-state index contributed by atoms with van der Waals surface area (Å²) in [5.41, 5.74) is 3.26. The molecule has 38 heavy (non-hydrogen) atoms. The smallest absolute Gasteiger partial charge is 0.412 e. The zero-order valence-electron chi connectivity index (χ0n) is 22.7. The van der Waals surface area contributed by atoms with Crippen LogP contribution in [0.5, 0.6) is 5.75 Å². The van der Waals surface area contributed by atoms with Crippen molar-refractivity contribution >= 4 is 29.1 Å². The molecule has 0 spiro atoms. The number of benzene rings is 1.